The molecule has 4 aromatic rings. The van der Waals surface area contributed by atoms with Gasteiger partial charge in [0.25, 0.3) is 22.9 Å². The molecule has 0 bridgehead atoms. The molecule has 51 heavy (non-hydrogen) atoms. The lowest BCUT2D eigenvalue weighted by molar-refractivity contribution is 0.0867. The number of anilines is 3. The number of aryl methyl sites for hydroxylation is 2. The molecule has 4 aliphatic rings. The number of hydrogen-bond acceptors (Lipinski definition) is 10. The Labute approximate surface area is 311 Å². The summed E-state index contributed by atoms with van der Waals surface area (Å²) in [7, 11) is 0. The highest BCUT2D eigenvalue weighted by Crippen LogP contribution is 2.40. The highest BCUT2D eigenvalue weighted by atomic mass is 79.9. The second kappa shape index (κ2) is 14.7. The molecule has 4 aromatic heterocycles. The van der Waals surface area contributed by atoms with Gasteiger partial charge in [-0.15, -0.1) is 0 Å². The van der Waals surface area contributed by atoms with Crippen LogP contribution in [0.5, 0.6) is 0 Å². The minimum absolute atomic E-state index is 0.186. The number of nitrogens with two attached hydrogens (primary N) is 1. The summed E-state index contributed by atoms with van der Waals surface area (Å²) >= 11 is 15.7. The fourth-order valence-electron chi connectivity index (χ4n) is 7.23. The van der Waals surface area contributed by atoms with Gasteiger partial charge < -0.3 is 21.7 Å². The molecule has 0 unspecified atom stereocenters. The normalized spacial score (nSPS) is 17.7. The highest BCUT2D eigenvalue weighted by Gasteiger charge is 2.46. The van der Waals surface area contributed by atoms with Crippen LogP contribution in [-0.4, -0.2) is 40.9 Å². The molecule has 2 amide bonds. The first-order chi connectivity index (χ1) is 24.3. The van der Waals surface area contributed by atoms with Crippen LogP contribution in [0.15, 0.2) is 51.0 Å². The summed E-state index contributed by atoms with van der Waals surface area (Å²) in [5.74, 6) is 0.508. The van der Waals surface area contributed by atoms with Crippen molar-refractivity contribution in [2.24, 2.45) is 0 Å². The SMILES string of the molecule is Cc1cc(N)ncn1.Cc1cc(Nc2cc(Cl)c3n(c2=O)C2(CCCCC2)NC3=O)ncn1.O=C1NC2(CCCCC2)n2c1c(Cl)cc(Br)c2=O. The van der Waals surface area contributed by atoms with Crippen molar-refractivity contribution in [1.82, 2.24) is 39.7 Å². The maximum absolute atomic E-state index is 13.1. The number of aromatic nitrogens is 6. The van der Waals surface area contributed by atoms with Crippen molar-refractivity contribution < 1.29 is 9.59 Å². The van der Waals surface area contributed by atoms with Gasteiger partial charge in [-0.3, -0.25) is 28.3 Å². The number of nitrogens with zero attached hydrogens (tertiary/aromatic N) is 6. The number of hydrogen-bond donors (Lipinski definition) is 4. The summed E-state index contributed by atoms with van der Waals surface area (Å²) < 4.78 is 3.51. The lowest BCUT2D eigenvalue weighted by Gasteiger charge is -2.35. The predicted octanol–water partition coefficient (Wildman–Crippen LogP) is 5.70. The fourth-order valence-corrected chi connectivity index (χ4v) is 8.32. The molecule has 2 saturated carbocycles. The number of pyridine rings is 2. The molecule has 0 saturated heterocycles. The zero-order valence-corrected chi connectivity index (χ0v) is 31.2. The van der Waals surface area contributed by atoms with Crippen molar-refractivity contribution in [2.45, 2.75) is 89.4 Å². The lowest BCUT2D eigenvalue weighted by Crippen LogP contribution is -2.48. The third-order valence-corrected chi connectivity index (χ3v) is 10.6. The summed E-state index contributed by atoms with van der Waals surface area (Å²) in [6, 6.07) is 6.46. The number of carbonyl (C=O) groups is 2. The van der Waals surface area contributed by atoms with Crippen LogP contribution in [0.4, 0.5) is 17.3 Å². The number of nitrogens with one attached hydrogen (secondary N) is 3. The van der Waals surface area contributed by atoms with Crippen molar-refractivity contribution in [3.8, 4) is 0 Å². The van der Waals surface area contributed by atoms with Crippen molar-refractivity contribution in [1.29, 1.82) is 0 Å². The third kappa shape index (κ3) is 7.24. The summed E-state index contributed by atoms with van der Waals surface area (Å²) in [5, 5.41) is 9.56. The van der Waals surface area contributed by atoms with Gasteiger partial charge in [-0.2, -0.15) is 0 Å². The van der Waals surface area contributed by atoms with Gasteiger partial charge in [0.05, 0.1) is 14.5 Å². The summed E-state index contributed by atoms with van der Waals surface area (Å²) in [6.45, 7) is 3.72. The van der Waals surface area contributed by atoms with E-state index in [0.717, 1.165) is 75.6 Å². The van der Waals surface area contributed by atoms with E-state index in [1.165, 1.54) is 24.8 Å². The molecule has 268 valence electrons. The maximum atomic E-state index is 13.1. The molecule has 0 atom stereocenters. The molecular weight excluding hydrogens is 763 g/mol. The van der Waals surface area contributed by atoms with E-state index in [-0.39, 0.29) is 33.6 Å². The van der Waals surface area contributed by atoms with Gasteiger partial charge in [-0.1, -0.05) is 36.0 Å². The molecule has 2 aliphatic carbocycles. The van der Waals surface area contributed by atoms with E-state index < -0.39 is 11.3 Å². The monoisotopic (exact) mass is 798 g/mol. The third-order valence-electron chi connectivity index (χ3n) is 9.50. The molecule has 2 aliphatic heterocycles. The topological polar surface area (TPSA) is 192 Å². The number of amides is 2. The molecule has 17 heteroatoms. The average molecular weight is 801 g/mol. The van der Waals surface area contributed by atoms with Gasteiger partial charge in [-0.05, 0) is 93.3 Å². The van der Waals surface area contributed by atoms with Gasteiger partial charge >= 0.3 is 0 Å². The van der Waals surface area contributed by atoms with Crippen LogP contribution < -0.4 is 32.8 Å². The molecular formula is C34H37BrCl2N10O4. The minimum Gasteiger partial charge on any atom is -0.384 e. The molecule has 0 aromatic carbocycles. The van der Waals surface area contributed by atoms with Crippen molar-refractivity contribution in [2.75, 3.05) is 11.1 Å². The summed E-state index contributed by atoms with van der Waals surface area (Å²) in [6.07, 6.45) is 12.1. The first-order valence-electron chi connectivity index (χ1n) is 16.7. The van der Waals surface area contributed by atoms with Gasteiger partial charge in [-0.25, -0.2) is 19.9 Å². The average Bonchev–Trinajstić information content (AvgIpc) is 3.53. The maximum Gasteiger partial charge on any atom is 0.276 e. The summed E-state index contributed by atoms with van der Waals surface area (Å²) in [4.78, 5) is 65.6. The fraction of sp³-hybridized carbons (Fsp3) is 0.412. The first-order valence-corrected chi connectivity index (χ1v) is 18.2. The van der Waals surface area contributed by atoms with E-state index in [2.05, 4.69) is 51.8 Å². The Morgan fingerprint density at radius 3 is 1.69 bits per heavy atom. The van der Waals surface area contributed by atoms with E-state index in [9.17, 15) is 19.2 Å². The lowest BCUT2D eigenvalue weighted by atomic mass is 9.89. The Bertz CT molecular complexity index is 2110. The Kier molecular flexibility index (Phi) is 10.5. The molecule has 2 fully saturated rings. The second-order valence-electron chi connectivity index (χ2n) is 13.1. The zero-order valence-electron chi connectivity index (χ0n) is 28.1. The standard InChI is InChI=1S/C17H18ClN5O2.C12H12BrClN2O2.C5H7N3/c1-10-7-13(20-9-19-10)21-12-8-11(18)14-15(24)22-17(23(14)16(12)25)5-3-2-4-6-17;13-7-6-8(14)9-10(17)15-12(16(9)11(7)18)4-2-1-3-5-12;1-4-2-5(6)8-3-7-4/h7-9H,2-6H2,1H3,(H,22,24)(H,19,20,21);6H,1-5H2,(H,15,17);2-3H,1H3,(H2,6,7,8). The van der Waals surface area contributed by atoms with Gasteiger partial charge in [0.15, 0.2) is 0 Å². The predicted molar refractivity (Wildman–Crippen MR) is 197 cm³/mol. The Morgan fingerprint density at radius 1 is 0.706 bits per heavy atom. The summed E-state index contributed by atoms with van der Waals surface area (Å²) in [5.41, 5.74) is 6.16. The van der Waals surface area contributed by atoms with E-state index >= 15 is 0 Å². The largest absolute Gasteiger partial charge is 0.384 e. The van der Waals surface area contributed by atoms with Crippen LogP contribution in [-0.2, 0) is 11.3 Å². The molecule has 2 spiro atoms. The minimum atomic E-state index is -0.662. The van der Waals surface area contributed by atoms with Gasteiger partial charge in [0, 0.05) is 23.5 Å². The van der Waals surface area contributed by atoms with Crippen LogP contribution >= 0.6 is 39.1 Å². The van der Waals surface area contributed by atoms with E-state index in [4.69, 9.17) is 28.9 Å². The number of nitrogen functional groups attached to an aromatic ring is 1. The zero-order chi connectivity index (χ0) is 36.5. The van der Waals surface area contributed by atoms with E-state index in [1.54, 1.807) is 21.3 Å². The molecule has 14 nitrogen and oxygen atoms in total. The Morgan fingerprint density at radius 2 is 1.20 bits per heavy atom. The molecule has 6 heterocycles. The molecule has 5 N–H and O–H groups in total. The van der Waals surface area contributed by atoms with Crippen molar-refractivity contribution in [3.63, 3.8) is 0 Å². The number of rotatable bonds is 2. The van der Waals surface area contributed by atoms with E-state index in [1.807, 2.05) is 13.8 Å². The van der Waals surface area contributed by atoms with Gasteiger partial charge in [0.2, 0.25) is 0 Å². The van der Waals surface area contributed by atoms with E-state index in [0.29, 0.717) is 32.5 Å². The Balaban J connectivity index is 0.000000150. The van der Waals surface area contributed by atoms with Crippen LogP contribution in [0.25, 0.3) is 0 Å². The number of carbonyl (C=O) groups excluding carboxylic acids is 2. The molecule has 8 rings (SSSR count). The van der Waals surface area contributed by atoms with Crippen LogP contribution in [0.2, 0.25) is 10.0 Å². The first kappa shape index (κ1) is 36.5. The van der Waals surface area contributed by atoms with Crippen molar-refractivity contribution >= 4 is 68.3 Å². The van der Waals surface area contributed by atoms with Gasteiger partial charge in [0.1, 0.15) is 52.7 Å². The van der Waals surface area contributed by atoms with Crippen LogP contribution in [0.1, 0.15) is 96.6 Å². The number of halogens is 3. The van der Waals surface area contributed by atoms with Crippen molar-refractivity contribution in [3.05, 3.63) is 94.9 Å². The number of fused-ring (bicyclic) bond motifs is 4. The Hall–Kier alpha value is -4.34. The van der Waals surface area contributed by atoms with Crippen LogP contribution in [0.3, 0.4) is 0 Å². The second-order valence-corrected chi connectivity index (χ2v) is 14.7. The molecule has 0 radical (unpaired) electrons. The quantitative estimate of drug-likeness (QED) is 0.196. The van der Waals surface area contributed by atoms with Crippen LogP contribution in [0, 0.1) is 13.8 Å². The highest BCUT2D eigenvalue weighted by molar-refractivity contribution is 9.10. The smallest absolute Gasteiger partial charge is 0.276 e.